The average molecular weight is 129 g/mol. The summed E-state index contributed by atoms with van der Waals surface area (Å²) < 4.78 is 4.58. The maximum absolute atomic E-state index is 4.58. The SMILES string of the molecule is CC(S)c1cnoc1. The fourth-order valence-corrected chi connectivity index (χ4v) is 0.547. The molecule has 0 aliphatic heterocycles. The Morgan fingerprint density at radius 1 is 1.88 bits per heavy atom. The Morgan fingerprint density at radius 3 is 2.88 bits per heavy atom. The van der Waals surface area contributed by atoms with Gasteiger partial charge in [-0.15, -0.1) is 0 Å². The molecule has 0 spiro atoms. The van der Waals surface area contributed by atoms with Crippen LogP contribution in [0, 0.1) is 0 Å². The average Bonchev–Trinajstić information content (AvgIpc) is 2.12. The van der Waals surface area contributed by atoms with Crippen LogP contribution >= 0.6 is 12.6 Å². The molecule has 1 rings (SSSR count). The van der Waals surface area contributed by atoms with E-state index >= 15 is 0 Å². The summed E-state index contributed by atoms with van der Waals surface area (Å²) >= 11 is 4.15. The van der Waals surface area contributed by atoms with Gasteiger partial charge in [-0.1, -0.05) is 5.16 Å². The predicted octanol–water partition coefficient (Wildman–Crippen LogP) is 1.67. The van der Waals surface area contributed by atoms with Crippen LogP contribution in [0.4, 0.5) is 0 Å². The van der Waals surface area contributed by atoms with Crippen molar-refractivity contribution in [3.8, 4) is 0 Å². The highest BCUT2D eigenvalue weighted by atomic mass is 32.1. The van der Waals surface area contributed by atoms with Gasteiger partial charge < -0.3 is 4.52 Å². The van der Waals surface area contributed by atoms with Gasteiger partial charge in [0.2, 0.25) is 0 Å². The molecule has 1 atom stereocenters. The minimum atomic E-state index is 0.223. The Balaban J connectivity index is 2.77. The number of aromatic nitrogens is 1. The molecule has 0 saturated carbocycles. The molecule has 0 amide bonds. The zero-order valence-corrected chi connectivity index (χ0v) is 5.43. The lowest BCUT2D eigenvalue weighted by molar-refractivity contribution is 0.419. The van der Waals surface area contributed by atoms with Crippen molar-refractivity contribution in [2.45, 2.75) is 12.2 Å². The van der Waals surface area contributed by atoms with Gasteiger partial charge in [0.1, 0.15) is 6.26 Å². The third-order valence-corrected chi connectivity index (χ3v) is 1.23. The van der Waals surface area contributed by atoms with Gasteiger partial charge in [0, 0.05) is 10.8 Å². The van der Waals surface area contributed by atoms with E-state index in [1.807, 2.05) is 6.92 Å². The largest absolute Gasteiger partial charge is 0.364 e. The van der Waals surface area contributed by atoms with Gasteiger partial charge in [-0.05, 0) is 6.92 Å². The zero-order chi connectivity index (χ0) is 5.98. The van der Waals surface area contributed by atoms with Crippen molar-refractivity contribution in [3.63, 3.8) is 0 Å². The third kappa shape index (κ3) is 1.04. The van der Waals surface area contributed by atoms with E-state index in [0.29, 0.717) is 0 Å². The molecule has 0 aliphatic rings. The first-order chi connectivity index (χ1) is 3.80. The van der Waals surface area contributed by atoms with Crippen LogP contribution in [0.15, 0.2) is 17.0 Å². The van der Waals surface area contributed by atoms with Gasteiger partial charge in [0.05, 0.1) is 6.20 Å². The van der Waals surface area contributed by atoms with E-state index in [4.69, 9.17) is 0 Å². The molecule has 0 bridgehead atoms. The molecule has 44 valence electrons. The molecule has 2 nitrogen and oxygen atoms in total. The van der Waals surface area contributed by atoms with E-state index < -0.39 is 0 Å². The van der Waals surface area contributed by atoms with Crippen LogP contribution in [0.2, 0.25) is 0 Å². The van der Waals surface area contributed by atoms with Crippen molar-refractivity contribution in [2.24, 2.45) is 0 Å². The van der Waals surface area contributed by atoms with Crippen LogP contribution in [0.25, 0.3) is 0 Å². The summed E-state index contributed by atoms with van der Waals surface area (Å²) in [7, 11) is 0. The summed E-state index contributed by atoms with van der Waals surface area (Å²) in [4.78, 5) is 0. The van der Waals surface area contributed by atoms with Crippen molar-refractivity contribution in [1.29, 1.82) is 0 Å². The van der Waals surface area contributed by atoms with Gasteiger partial charge in [-0.3, -0.25) is 0 Å². The summed E-state index contributed by atoms with van der Waals surface area (Å²) in [6, 6.07) is 0. The molecular formula is C5H7NOS. The Morgan fingerprint density at radius 2 is 2.62 bits per heavy atom. The number of hydrogen-bond acceptors (Lipinski definition) is 3. The van der Waals surface area contributed by atoms with E-state index in [1.165, 1.54) is 0 Å². The number of hydrogen-bond donors (Lipinski definition) is 1. The molecule has 1 aromatic heterocycles. The quantitative estimate of drug-likeness (QED) is 0.583. The third-order valence-electron chi connectivity index (χ3n) is 0.934. The Kier molecular flexibility index (Phi) is 1.58. The summed E-state index contributed by atoms with van der Waals surface area (Å²) in [5.41, 5.74) is 1.02. The predicted molar refractivity (Wildman–Crippen MR) is 33.9 cm³/mol. The number of thiol groups is 1. The lowest BCUT2D eigenvalue weighted by Gasteiger charge is -1.92. The Labute approximate surface area is 53.3 Å². The van der Waals surface area contributed by atoms with E-state index in [-0.39, 0.29) is 5.25 Å². The molecule has 0 saturated heterocycles. The van der Waals surface area contributed by atoms with Crippen LogP contribution in [0.3, 0.4) is 0 Å². The Bertz CT molecular complexity index is 147. The number of rotatable bonds is 1. The molecular weight excluding hydrogens is 122 g/mol. The minimum absolute atomic E-state index is 0.223. The molecule has 1 unspecified atom stereocenters. The van der Waals surface area contributed by atoms with Crippen LogP contribution in [-0.2, 0) is 0 Å². The molecule has 0 fully saturated rings. The van der Waals surface area contributed by atoms with Crippen LogP contribution in [0.1, 0.15) is 17.7 Å². The van der Waals surface area contributed by atoms with Gasteiger partial charge in [0.15, 0.2) is 0 Å². The first kappa shape index (κ1) is 5.69. The van der Waals surface area contributed by atoms with Crippen LogP contribution < -0.4 is 0 Å². The maximum atomic E-state index is 4.58. The van der Waals surface area contributed by atoms with Crippen molar-refractivity contribution >= 4 is 12.6 Å². The van der Waals surface area contributed by atoms with Gasteiger partial charge >= 0.3 is 0 Å². The monoisotopic (exact) mass is 129 g/mol. The van der Waals surface area contributed by atoms with Crippen molar-refractivity contribution in [3.05, 3.63) is 18.0 Å². The van der Waals surface area contributed by atoms with Crippen LogP contribution in [0.5, 0.6) is 0 Å². The number of nitrogens with zero attached hydrogens (tertiary/aromatic N) is 1. The minimum Gasteiger partial charge on any atom is -0.364 e. The van der Waals surface area contributed by atoms with Crippen molar-refractivity contribution in [1.82, 2.24) is 5.16 Å². The zero-order valence-electron chi connectivity index (χ0n) is 4.53. The van der Waals surface area contributed by atoms with E-state index in [9.17, 15) is 0 Å². The molecule has 3 heteroatoms. The second kappa shape index (κ2) is 2.22. The van der Waals surface area contributed by atoms with Gasteiger partial charge in [0.25, 0.3) is 0 Å². The molecule has 0 aromatic carbocycles. The summed E-state index contributed by atoms with van der Waals surface area (Å²) in [5.74, 6) is 0. The highest BCUT2D eigenvalue weighted by Crippen LogP contribution is 2.16. The second-order valence-corrected chi connectivity index (χ2v) is 2.41. The van der Waals surface area contributed by atoms with E-state index in [1.54, 1.807) is 12.5 Å². The first-order valence-electron chi connectivity index (χ1n) is 2.38. The first-order valence-corrected chi connectivity index (χ1v) is 2.89. The topological polar surface area (TPSA) is 26.0 Å². The molecule has 1 aromatic rings. The lowest BCUT2D eigenvalue weighted by atomic mass is 10.3. The summed E-state index contributed by atoms with van der Waals surface area (Å²) in [6.07, 6.45) is 3.26. The maximum Gasteiger partial charge on any atom is 0.128 e. The standard InChI is InChI=1S/C5H7NOS/c1-4(8)5-2-6-7-3-5/h2-4,8H,1H3. The van der Waals surface area contributed by atoms with E-state index in [0.717, 1.165) is 5.56 Å². The van der Waals surface area contributed by atoms with Gasteiger partial charge in [-0.25, -0.2) is 0 Å². The van der Waals surface area contributed by atoms with E-state index in [2.05, 4.69) is 22.3 Å². The molecule has 0 radical (unpaired) electrons. The molecule has 8 heavy (non-hydrogen) atoms. The summed E-state index contributed by atoms with van der Waals surface area (Å²) in [5, 5.41) is 3.74. The molecule has 0 aliphatic carbocycles. The summed E-state index contributed by atoms with van der Waals surface area (Å²) in [6.45, 7) is 1.97. The van der Waals surface area contributed by atoms with Crippen molar-refractivity contribution < 1.29 is 4.52 Å². The fraction of sp³-hybridized carbons (Fsp3) is 0.400. The Hall–Kier alpha value is -0.440. The van der Waals surface area contributed by atoms with Crippen molar-refractivity contribution in [2.75, 3.05) is 0 Å². The van der Waals surface area contributed by atoms with Crippen LogP contribution in [-0.4, -0.2) is 5.16 Å². The highest BCUT2D eigenvalue weighted by Gasteiger charge is 1.99. The molecule has 1 heterocycles. The second-order valence-electron chi connectivity index (χ2n) is 1.63. The lowest BCUT2D eigenvalue weighted by Crippen LogP contribution is -1.75. The van der Waals surface area contributed by atoms with Gasteiger partial charge in [-0.2, -0.15) is 12.6 Å². The fourth-order valence-electron chi connectivity index (χ4n) is 0.419. The smallest absolute Gasteiger partial charge is 0.128 e. The normalized spacial score (nSPS) is 13.8. The molecule has 0 N–H and O–H groups in total. The highest BCUT2D eigenvalue weighted by molar-refractivity contribution is 7.80.